The van der Waals surface area contributed by atoms with E-state index in [4.69, 9.17) is 4.43 Å². The number of fused-ring (bicyclic) bond motifs is 1. The Balaban J connectivity index is 2.16. The first-order valence-electron chi connectivity index (χ1n) is 9.70. The molecule has 2 fully saturated rings. The summed E-state index contributed by atoms with van der Waals surface area (Å²) in [7, 11) is -1.46. The van der Waals surface area contributed by atoms with Crippen LogP contribution in [-0.4, -0.2) is 18.8 Å². The molecular weight excluding hydrogens is 399 g/mol. The summed E-state index contributed by atoms with van der Waals surface area (Å²) < 4.78 is 8.32. The average molecular weight is 436 g/mol. The topological polar surface area (TPSA) is 9.23 Å². The number of rotatable bonds is 7. The van der Waals surface area contributed by atoms with Crippen LogP contribution in [0, 0.1) is 23.2 Å². The van der Waals surface area contributed by atoms with Crippen LogP contribution in [0.3, 0.4) is 0 Å². The van der Waals surface area contributed by atoms with E-state index in [0.29, 0.717) is 11.5 Å². The number of alkyl halides is 1. The van der Waals surface area contributed by atoms with Crippen molar-refractivity contribution in [3.63, 3.8) is 0 Å². The molecule has 2 aliphatic rings. The predicted octanol–water partition coefficient (Wildman–Crippen LogP) is 6.66. The quantitative estimate of drug-likeness (QED) is 0.246. The molecule has 0 saturated heterocycles. The van der Waals surface area contributed by atoms with Gasteiger partial charge in [0.2, 0.25) is 0 Å². The summed E-state index contributed by atoms with van der Waals surface area (Å²) in [6.07, 6.45) is 7.63. The van der Waals surface area contributed by atoms with Crippen molar-refractivity contribution in [1.82, 2.24) is 0 Å². The molecule has 0 aromatic rings. The minimum atomic E-state index is -1.46. The lowest BCUT2D eigenvalue weighted by Gasteiger charge is -2.48. The van der Waals surface area contributed by atoms with E-state index in [-0.39, 0.29) is 0 Å². The number of hydrogen-bond donors (Lipinski definition) is 0. The molecule has 5 atom stereocenters. The summed E-state index contributed by atoms with van der Waals surface area (Å²) in [5, 5.41) is 0. The maximum Gasteiger partial charge on any atom is 0.192 e. The lowest BCUT2D eigenvalue weighted by molar-refractivity contribution is -0.0169. The Morgan fingerprint density at radius 1 is 1.14 bits per heavy atom. The van der Waals surface area contributed by atoms with E-state index < -0.39 is 8.32 Å². The third-order valence-corrected chi connectivity index (χ3v) is 13.5. The van der Waals surface area contributed by atoms with E-state index in [1.807, 2.05) is 0 Å². The van der Waals surface area contributed by atoms with E-state index in [1.165, 1.54) is 54.7 Å². The molecule has 1 nitrogen and oxygen atoms in total. The Kier molecular flexibility index (Phi) is 6.87. The van der Waals surface area contributed by atoms with Crippen LogP contribution in [0.5, 0.6) is 0 Å². The van der Waals surface area contributed by atoms with Crippen LogP contribution in [0.2, 0.25) is 18.1 Å². The smallest absolute Gasteiger partial charge is 0.192 e. The first kappa shape index (κ1) is 19.2. The van der Waals surface area contributed by atoms with Crippen LogP contribution in [-0.2, 0) is 4.43 Å². The van der Waals surface area contributed by atoms with Gasteiger partial charge in [-0.2, -0.15) is 0 Å². The summed E-state index contributed by atoms with van der Waals surface area (Å²) in [5.41, 5.74) is 0.558. The Bertz CT molecular complexity index is 349. The molecule has 0 N–H and O–H groups in total. The van der Waals surface area contributed by atoms with Crippen LogP contribution in [0.15, 0.2) is 0 Å². The highest BCUT2D eigenvalue weighted by atomic mass is 127. The van der Waals surface area contributed by atoms with Gasteiger partial charge in [0.25, 0.3) is 0 Å². The second-order valence-corrected chi connectivity index (χ2v) is 13.8. The molecule has 130 valence electrons. The number of halogens is 1. The highest BCUT2D eigenvalue weighted by Crippen LogP contribution is 2.58. The van der Waals surface area contributed by atoms with E-state index in [0.717, 1.165) is 17.8 Å². The highest BCUT2D eigenvalue weighted by molar-refractivity contribution is 14.1. The minimum absolute atomic E-state index is 0.558. The fraction of sp³-hybridized carbons (Fsp3) is 1.00. The molecule has 2 saturated carbocycles. The molecule has 2 rings (SSSR count). The van der Waals surface area contributed by atoms with Gasteiger partial charge in [-0.3, -0.25) is 0 Å². The van der Waals surface area contributed by atoms with Gasteiger partial charge in [0, 0.05) is 10.5 Å². The average Bonchev–Trinajstić information content (AvgIpc) is 2.90. The Labute approximate surface area is 153 Å². The predicted molar refractivity (Wildman–Crippen MR) is 108 cm³/mol. The SMILES string of the molecule is CC[Si](CC)(CC)O[C@H]1CCC[C@]2(C)[C@@H]([C@H](C)CI)CC[C@@H]12. The van der Waals surface area contributed by atoms with Crippen molar-refractivity contribution in [3.05, 3.63) is 0 Å². The van der Waals surface area contributed by atoms with Gasteiger partial charge in [0.1, 0.15) is 0 Å². The van der Waals surface area contributed by atoms with Crippen molar-refractivity contribution in [3.8, 4) is 0 Å². The molecule has 0 unspecified atom stereocenters. The molecule has 0 aromatic heterocycles. The normalized spacial score (nSPS) is 37.1. The van der Waals surface area contributed by atoms with Crippen LogP contribution in [0.4, 0.5) is 0 Å². The van der Waals surface area contributed by atoms with Gasteiger partial charge in [-0.25, -0.2) is 0 Å². The van der Waals surface area contributed by atoms with Crippen molar-refractivity contribution in [2.45, 2.75) is 91.0 Å². The second kappa shape index (κ2) is 7.86. The number of hydrogen-bond acceptors (Lipinski definition) is 1. The van der Waals surface area contributed by atoms with Gasteiger partial charge >= 0.3 is 0 Å². The molecule has 0 aliphatic heterocycles. The molecule has 0 amide bonds. The van der Waals surface area contributed by atoms with Crippen LogP contribution in [0.25, 0.3) is 0 Å². The Morgan fingerprint density at radius 2 is 1.77 bits per heavy atom. The third kappa shape index (κ3) is 3.46. The molecule has 0 radical (unpaired) electrons. The van der Waals surface area contributed by atoms with Crippen molar-refractivity contribution < 1.29 is 4.43 Å². The van der Waals surface area contributed by atoms with Crippen molar-refractivity contribution >= 4 is 30.9 Å². The van der Waals surface area contributed by atoms with Gasteiger partial charge in [0.05, 0.1) is 0 Å². The fourth-order valence-corrected chi connectivity index (χ4v) is 9.20. The van der Waals surface area contributed by atoms with Crippen LogP contribution in [0.1, 0.15) is 66.7 Å². The first-order chi connectivity index (χ1) is 10.5. The van der Waals surface area contributed by atoms with E-state index in [2.05, 4.69) is 57.2 Å². The van der Waals surface area contributed by atoms with Crippen molar-refractivity contribution in [2.75, 3.05) is 4.43 Å². The largest absolute Gasteiger partial charge is 0.414 e. The minimum Gasteiger partial charge on any atom is -0.414 e. The zero-order valence-electron chi connectivity index (χ0n) is 15.5. The van der Waals surface area contributed by atoms with Crippen molar-refractivity contribution in [1.29, 1.82) is 0 Å². The summed E-state index contributed by atoms with van der Waals surface area (Å²) in [4.78, 5) is 0. The van der Waals surface area contributed by atoms with Crippen LogP contribution < -0.4 is 0 Å². The van der Waals surface area contributed by atoms with E-state index in [9.17, 15) is 0 Å². The molecule has 2 aliphatic carbocycles. The maximum absolute atomic E-state index is 7.00. The Morgan fingerprint density at radius 3 is 2.32 bits per heavy atom. The molecule has 0 aromatic carbocycles. The van der Waals surface area contributed by atoms with Crippen LogP contribution >= 0.6 is 22.6 Å². The summed E-state index contributed by atoms with van der Waals surface area (Å²) in [5.74, 6) is 2.65. The fourth-order valence-electron chi connectivity index (χ4n) is 5.66. The maximum atomic E-state index is 7.00. The highest BCUT2D eigenvalue weighted by Gasteiger charge is 2.53. The molecule has 0 bridgehead atoms. The standard InChI is InChI=1S/C19H37IOSi/c1-6-22(7-2,8-3)21-18-10-9-13-19(5)16(15(4)14-20)11-12-17(18)19/h15-18H,6-14H2,1-5H3/t15-,16-,17+,18+,19-/m1/s1. The monoisotopic (exact) mass is 436 g/mol. The van der Waals surface area contributed by atoms with E-state index >= 15 is 0 Å². The second-order valence-electron chi connectivity index (χ2n) is 8.22. The summed E-state index contributed by atoms with van der Waals surface area (Å²) in [6, 6.07) is 3.90. The Hall–Kier alpha value is 0.907. The molecule has 22 heavy (non-hydrogen) atoms. The zero-order valence-corrected chi connectivity index (χ0v) is 18.6. The summed E-state index contributed by atoms with van der Waals surface area (Å²) in [6.45, 7) is 12.2. The van der Waals surface area contributed by atoms with Gasteiger partial charge in [-0.1, -0.05) is 63.6 Å². The third-order valence-electron chi connectivity index (χ3n) is 7.40. The van der Waals surface area contributed by atoms with Crippen molar-refractivity contribution in [2.24, 2.45) is 23.2 Å². The van der Waals surface area contributed by atoms with Gasteiger partial charge < -0.3 is 4.43 Å². The zero-order chi connectivity index (χ0) is 16.4. The van der Waals surface area contributed by atoms with Gasteiger partial charge in [0.15, 0.2) is 8.32 Å². The first-order valence-corrected chi connectivity index (χ1v) is 13.8. The van der Waals surface area contributed by atoms with E-state index in [1.54, 1.807) is 0 Å². The lowest BCUT2D eigenvalue weighted by Crippen LogP contribution is -2.48. The molecule has 3 heteroatoms. The van der Waals surface area contributed by atoms with Gasteiger partial charge in [-0.05, 0) is 67.0 Å². The molecule has 0 spiro atoms. The summed E-state index contributed by atoms with van der Waals surface area (Å²) >= 11 is 2.59. The molecular formula is C19H37IOSi. The van der Waals surface area contributed by atoms with Gasteiger partial charge in [-0.15, -0.1) is 0 Å². The molecule has 0 heterocycles. The lowest BCUT2D eigenvalue weighted by atomic mass is 9.62.